The molecule has 0 saturated heterocycles. The van der Waals surface area contributed by atoms with Gasteiger partial charge in [-0.3, -0.25) is 9.59 Å². The van der Waals surface area contributed by atoms with Crippen LogP contribution >= 0.6 is 0 Å². The second-order valence-corrected chi connectivity index (χ2v) is 4.94. The van der Waals surface area contributed by atoms with Crippen molar-refractivity contribution in [2.75, 3.05) is 37.4 Å². The monoisotopic (exact) mass is 293 g/mol. The van der Waals surface area contributed by atoms with Crippen LogP contribution in [0.15, 0.2) is 24.3 Å². The van der Waals surface area contributed by atoms with Gasteiger partial charge in [-0.15, -0.1) is 0 Å². The molecule has 6 nitrogen and oxygen atoms in total. The normalized spacial score (nSPS) is 10.5. The molecule has 0 heterocycles. The number of ether oxygens (including phenoxy) is 1. The summed E-state index contributed by atoms with van der Waals surface area (Å²) >= 11 is 0. The number of carbonyl (C=O) groups excluding carboxylic acids is 2. The van der Waals surface area contributed by atoms with E-state index >= 15 is 0 Å². The van der Waals surface area contributed by atoms with E-state index in [1.807, 2.05) is 13.8 Å². The van der Waals surface area contributed by atoms with Crippen LogP contribution in [0.4, 0.5) is 11.4 Å². The van der Waals surface area contributed by atoms with E-state index in [0.717, 1.165) is 0 Å². The number of carbonyl (C=O) groups is 2. The van der Waals surface area contributed by atoms with Gasteiger partial charge in [0, 0.05) is 30.9 Å². The average Bonchev–Trinajstić information content (AvgIpc) is 2.45. The molecule has 0 aromatic heterocycles. The van der Waals surface area contributed by atoms with Gasteiger partial charge in [0.2, 0.25) is 11.8 Å². The Labute approximate surface area is 125 Å². The lowest BCUT2D eigenvalue weighted by Gasteiger charge is -2.09. The van der Waals surface area contributed by atoms with E-state index in [9.17, 15) is 9.59 Å². The van der Waals surface area contributed by atoms with Crippen LogP contribution in [-0.4, -0.2) is 38.6 Å². The predicted molar refractivity (Wildman–Crippen MR) is 83.3 cm³/mol. The van der Waals surface area contributed by atoms with Crippen molar-refractivity contribution in [3.8, 4) is 0 Å². The number of benzene rings is 1. The minimum atomic E-state index is -0.120. The second kappa shape index (κ2) is 9.10. The predicted octanol–water partition coefficient (Wildman–Crippen LogP) is 1.46. The minimum Gasteiger partial charge on any atom is -0.383 e. The van der Waals surface area contributed by atoms with Gasteiger partial charge >= 0.3 is 0 Å². The number of hydrogen-bond donors (Lipinski definition) is 3. The van der Waals surface area contributed by atoms with Crippen molar-refractivity contribution >= 4 is 23.2 Å². The van der Waals surface area contributed by atoms with Gasteiger partial charge in [0.1, 0.15) is 0 Å². The van der Waals surface area contributed by atoms with Crippen LogP contribution < -0.4 is 16.0 Å². The highest BCUT2D eigenvalue weighted by Gasteiger charge is 2.07. The van der Waals surface area contributed by atoms with Gasteiger partial charge in [0.05, 0.1) is 13.2 Å². The first-order chi connectivity index (χ1) is 10.0. The Morgan fingerprint density at radius 3 is 2.19 bits per heavy atom. The van der Waals surface area contributed by atoms with Gasteiger partial charge < -0.3 is 20.7 Å². The smallest absolute Gasteiger partial charge is 0.238 e. The molecule has 0 saturated carbocycles. The molecule has 1 aromatic carbocycles. The molecular formula is C15H23N3O3. The number of nitrogens with one attached hydrogen (secondary N) is 3. The van der Waals surface area contributed by atoms with Gasteiger partial charge in [-0.25, -0.2) is 0 Å². The van der Waals surface area contributed by atoms with Gasteiger partial charge in [-0.1, -0.05) is 13.8 Å². The van der Waals surface area contributed by atoms with Crippen LogP contribution in [0.1, 0.15) is 13.8 Å². The fraction of sp³-hybridized carbons (Fsp3) is 0.467. The maximum atomic E-state index is 11.6. The zero-order valence-corrected chi connectivity index (χ0v) is 12.7. The summed E-state index contributed by atoms with van der Waals surface area (Å²) in [7, 11) is 1.61. The zero-order valence-electron chi connectivity index (χ0n) is 12.7. The summed E-state index contributed by atoms with van der Waals surface area (Å²) in [5.41, 5.74) is 1.40. The van der Waals surface area contributed by atoms with Crippen LogP contribution in [0.25, 0.3) is 0 Å². The molecule has 0 spiro atoms. The summed E-state index contributed by atoms with van der Waals surface area (Å²) in [5, 5.41) is 8.52. The molecule has 0 fully saturated rings. The van der Waals surface area contributed by atoms with Crippen molar-refractivity contribution in [1.82, 2.24) is 5.32 Å². The lowest BCUT2D eigenvalue weighted by molar-refractivity contribution is -0.119. The molecule has 0 unspecified atom stereocenters. The minimum absolute atomic E-state index is 0.0332. The molecule has 0 aliphatic heterocycles. The fourth-order valence-corrected chi connectivity index (χ4v) is 1.50. The second-order valence-electron chi connectivity index (χ2n) is 4.94. The van der Waals surface area contributed by atoms with Crippen LogP contribution in [0.5, 0.6) is 0 Å². The number of rotatable bonds is 8. The van der Waals surface area contributed by atoms with E-state index in [0.29, 0.717) is 24.5 Å². The van der Waals surface area contributed by atoms with Crippen molar-refractivity contribution in [1.29, 1.82) is 0 Å². The summed E-state index contributed by atoms with van der Waals surface area (Å²) in [5.74, 6) is -0.221. The first-order valence-corrected chi connectivity index (χ1v) is 6.93. The van der Waals surface area contributed by atoms with E-state index < -0.39 is 0 Å². The molecular weight excluding hydrogens is 270 g/mol. The zero-order chi connectivity index (χ0) is 15.7. The Balaban J connectivity index is 2.40. The van der Waals surface area contributed by atoms with Crippen LogP contribution in [0.3, 0.4) is 0 Å². The van der Waals surface area contributed by atoms with Crippen molar-refractivity contribution in [3.63, 3.8) is 0 Å². The summed E-state index contributed by atoms with van der Waals surface area (Å²) < 4.78 is 4.87. The molecule has 0 aliphatic carbocycles. The third-order valence-corrected chi connectivity index (χ3v) is 2.73. The SMILES string of the molecule is COCCNCC(=O)Nc1ccc(NC(=O)C(C)C)cc1. The summed E-state index contributed by atoms with van der Waals surface area (Å²) in [4.78, 5) is 23.2. The molecule has 6 heteroatoms. The molecule has 1 rings (SSSR count). The lowest BCUT2D eigenvalue weighted by Crippen LogP contribution is -2.30. The molecule has 116 valence electrons. The maximum absolute atomic E-state index is 11.6. The van der Waals surface area contributed by atoms with Crippen LogP contribution in [0.2, 0.25) is 0 Å². The summed E-state index contributed by atoms with van der Waals surface area (Å²) in [6, 6.07) is 7.02. The third-order valence-electron chi connectivity index (χ3n) is 2.73. The Morgan fingerprint density at radius 2 is 1.67 bits per heavy atom. The molecule has 1 aromatic rings. The van der Waals surface area contributed by atoms with E-state index in [1.54, 1.807) is 31.4 Å². The first kappa shape index (κ1) is 17.1. The molecule has 0 atom stereocenters. The highest BCUT2D eigenvalue weighted by molar-refractivity contribution is 5.94. The van der Waals surface area contributed by atoms with Crippen LogP contribution in [-0.2, 0) is 14.3 Å². The van der Waals surface area contributed by atoms with Gasteiger partial charge in [-0.05, 0) is 24.3 Å². The number of hydrogen-bond acceptors (Lipinski definition) is 4. The van der Waals surface area contributed by atoms with Gasteiger partial charge in [-0.2, -0.15) is 0 Å². The molecule has 3 N–H and O–H groups in total. The summed E-state index contributed by atoms with van der Waals surface area (Å²) in [6.45, 7) is 5.10. The molecule has 0 aliphatic rings. The Kier molecular flexibility index (Phi) is 7.42. The van der Waals surface area contributed by atoms with E-state index in [4.69, 9.17) is 4.74 Å². The van der Waals surface area contributed by atoms with Gasteiger partial charge in [0.15, 0.2) is 0 Å². The number of anilines is 2. The van der Waals surface area contributed by atoms with E-state index in [2.05, 4.69) is 16.0 Å². The Bertz CT molecular complexity index is 458. The highest BCUT2D eigenvalue weighted by atomic mass is 16.5. The highest BCUT2D eigenvalue weighted by Crippen LogP contribution is 2.14. The average molecular weight is 293 g/mol. The van der Waals surface area contributed by atoms with Gasteiger partial charge in [0.25, 0.3) is 0 Å². The Hall–Kier alpha value is -1.92. The lowest BCUT2D eigenvalue weighted by atomic mass is 10.2. The number of methoxy groups -OCH3 is 1. The fourth-order valence-electron chi connectivity index (χ4n) is 1.50. The van der Waals surface area contributed by atoms with Crippen molar-refractivity contribution in [3.05, 3.63) is 24.3 Å². The maximum Gasteiger partial charge on any atom is 0.238 e. The molecule has 0 bridgehead atoms. The largest absolute Gasteiger partial charge is 0.383 e. The molecule has 2 amide bonds. The summed E-state index contributed by atoms with van der Waals surface area (Å²) in [6.07, 6.45) is 0. The van der Waals surface area contributed by atoms with E-state index in [1.165, 1.54) is 0 Å². The quantitative estimate of drug-likeness (QED) is 0.634. The van der Waals surface area contributed by atoms with E-state index in [-0.39, 0.29) is 24.3 Å². The third kappa shape index (κ3) is 6.87. The first-order valence-electron chi connectivity index (χ1n) is 6.93. The topological polar surface area (TPSA) is 79.5 Å². The standard InChI is InChI=1S/C15H23N3O3/c1-11(2)15(20)18-13-6-4-12(5-7-13)17-14(19)10-16-8-9-21-3/h4-7,11,16H,8-10H2,1-3H3,(H,17,19)(H,18,20). The molecule has 0 radical (unpaired) electrons. The number of amides is 2. The Morgan fingerprint density at radius 1 is 1.10 bits per heavy atom. The van der Waals surface area contributed by atoms with Crippen LogP contribution in [0, 0.1) is 5.92 Å². The van der Waals surface area contributed by atoms with Crippen molar-refractivity contribution in [2.24, 2.45) is 5.92 Å². The van der Waals surface area contributed by atoms with Crippen molar-refractivity contribution < 1.29 is 14.3 Å². The van der Waals surface area contributed by atoms with Crippen molar-refractivity contribution in [2.45, 2.75) is 13.8 Å². The molecule has 21 heavy (non-hydrogen) atoms.